The molecule has 2 aromatic heterocycles. The minimum atomic E-state index is -0.670. The molecule has 1 aliphatic rings. The molecule has 0 radical (unpaired) electrons. The number of hydrogen-bond donors (Lipinski definition) is 3. The van der Waals surface area contributed by atoms with Crippen molar-refractivity contribution < 1.29 is 9.90 Å². The molecule has 1 saturated heterocycles. The average molecular weight is 234 g/mol. The Morgan fingerprint density at radius 1 is 1.53 bits per heavy atom. The summed E-state index contributed by atoms with van der Waals surface area (Å²) in [7, 11) is 0. The number of amides is 1. The van der Waals surface area contributed by atoms with Gasteiger partial charge in [0.25, 0.3) is 0 Å². The first kappa shape index (κ1) is 9.97. The van der Waals surface area contributed by atoms with Gasteiger partial charge in [0.05, 0.1) is 25.4 Å². The fraction of sp³-hybridized carbons (Fsp3) is 0.333. The van der Waals surface area contributed by atoms with Crippen molar-refractivity contribution >= 4 is 28.8 Å². The molecule has 4 N–H and O–H groups in total. The van der Waals surface area contributed by atoms with Gasteiger partial charge < -0.3 is 15.8 Å². The normalized spacial score (nSPS) is 20.4. The third-order valence-electron chi connectivity index (χ3n) is 2.64. The highest BCUT2D eigenvalue weighted by Crippen LogP contribution is 2.25. The first-order chi connectivity index (χ1) is 8.15. The number of rotatable bonds is 1. The molecule has 1 fully saturated rings. The summed E-state index contributed by atoms with van der Waals surface area (Å²) in [6, 6.07) is 0. The molecule has 17 heavy (non-hydrogen) atoms. The van der Waals surface area contributed by atoms with Gasteiger partial charge in [-0.2, -0.15) is 9.97 Å². The van der Waals surface area contributed by atoms with Crippen LogP contribution in [-0.4, -0.2) is 43.6 Å². The number of carbonyl (C=O) groups is 1. The molecule has 3 rings (SSSR count). The monoisotopic (exact) mass is 234 g/mol. The first-order valence-corrected chi connectivity index (χ1v) is 5.10. The molecule has 88 valence electrons. The average Bonchev–Trinajstić information content (AvgIpc) is 2.83. The Morgan fingerprint density at radius 2 is 2.35 bits per heavy atom. The van der Waals surface area contributed by atoms with Crippen molar-refractivity contribution in [2.75, 3.05) is 17.2 Å². The van der Waals surface area contributed by atoms with Crippen LogP contribution in [-0.2, 0) is 4.79 Å². The number of nitrogens with zero attached hydrogens (tertiary/aromatic N) is 4. The van der Waals surface area contributed by atoms with Gasteiger partial charge >= 0.3 is 0 Å². The van der Waals surface area contributed by atoms with Gasteiger partial charge in [-0.25, -0.2) is 4.98 Å². The summed E-state index contributed by atoms with van der Waals surface area (Å²) in [5.41, 5.74) is 6.50. The third-order valence-corrected chi connectivity index (χ3v) is 2.64. The van der Waals surface area contributed by atoms with Gasteiger partial charge in [0.2, 0.25) is 11.9 Å². The van der Waals surface area contributed by atoms with Crippen molar-refractivity contribution in [1.82, 2.24) is 19.9 Å². The zero-order valence-electron chi connectivity index (χ0n) is 8.79. The second kappa shape index (κ2) is 3.39. The van der Waals surface area contributed by atoms with E-state index in [2.05, 4.69) is 19.9 Å². The Morgan fingerprint density at radius 3 is 3.06 bits per heavy atom. The highest BCUT2D eigenvalue weighted by atomic mass is 16.3. The van der Waals surface area contributed by atoms with E-state index in [-0.39, 0.29) is 24.8 Å². The molecule has 0 spiro atoms. The largest absolute Gasteiger partial charge is 0.391 e. The van der Waals surface area contributed by atoms with E-state index in [4.69, 9.17) is 5.73 Å². The van der Waals surface area contributed by atoms with Crippen molar-refractivity contribution in [2.45, 2.75) is 12.5 Å². The van der Waals surface area contributed by atoms with Crippen LogP contribution < -0.4 is 10.6 Å². The van der Waals surface area contributed by atoms with Crippen LogP contribution in [0.3, 0.4) is 0 Å². The Kier molecular flexibility index (Phi) is 1.99. The summed E-state index contributed by atoms with van der Waals surface area (Å²) >= 11 is 0. The Bertz CT molecular complexity index is 594. The van der Waals surface area contributed by atoms with Crippen LogP contribution in [0.2, 0.25) is 0 Å². The number of anilines is 2. The SMILES string of the molecule is Nc1nc(N2CC(O)CC2=O)c2[nH]cnc2n1. The molecular weight excluding hydrogens is 224 g/mol. The van der Waals surface area contributed by atoms with Gasteiger partial charge in [-0.05, 0) is 0 Å². The van der Waals surface area contributed by atoms with Gasteiger partial charge in [-0.15, -0.1) is 0 Å². The second-order valence-electron chi connectivity index (χ2n) is 3.87. The maximum absolute atomic E-state index is 11.7. The van der Waals surface area contributed by atoms with Crippen LogP contribution in [0.25, 0.3) is 11.2 Å². The number of nitrogens with two attached hydrogens (primary N) is 1. The number of hydrogen-bond acceptors (Lipinski definition) is 6. The molecule has 1 amide bonds. The summed E-state index contributed by atoms with van der Waals surface area (Å²) in [4.78, 5) is 27.9. The fourth-order valence-electron chi connectivity index (χ4n) is 1.92. The van der Waals surface area contributed by atoms with Crippen LogP contribution in [0.4, 0.5) is 11.8 Å². The number of nitrogen functional groups attached to an aromatic ring is 1. The van der Waals surface area contributed by atoms with Crippen molar-refractivity contribution in [3.05, 3.63) is 6.33 Å². The number of aliphatic hydroxyl groups excluding tert-OH is 1. The predicted molar refractivity (Wildman–Crippen MR) is 59.1 cm³/mol. The van der Waals surface area contributed by atoms with E-state index in [0.29, 0.717) is 17.0 Å². The first-order valence-electron chi connectivity index (χ1n) is 5.10. The number of H-pyrrole nitrogens is 1. The maximum atomic E-state index is 11.7. The van der Waals surface area contributed by atoms with Crippen LogP contribution in [0.15, 0.2) is 6.33 Å². The quantitative estimate of drug-likeness (QED) is 0.584. The van der Waals surface area contributed by atoms with Gasteiger partial charge in [-0.3, -0.25) is 9.69 Å². The number of carbonyl (C=O) groups excluding carboxylic acids is 1. The van der Waals surface area contributed by atoms with E-state index in [9.17, 15) is 9.90 Å². The van der Waals surface area contributed by atoms with Crippen LogP contribution >= 0.6 is 0 Å². The zero-order chi connectivity index (χ0) is 12.0. The van der Waals surface area contributed by atoms with Crippen molar-refractivity contribution in [3.63, 3.8) is 0 Å². The van der Waals surface area contributed by atoms with E-state index in [1.54, 1.807) is 0 Å². The van der Waals surface area contributed by atoms with E-state index >= 15 is 0 Å². The Balaban J connectivity index is 2.16. The number of aliphatic hydroxyl groups is 1. The molecule has 1 atom stereocenters. The van der Waals surface area contributed by atoms with Gasteiger partial charge in [-0.1, -0.05) is 0 Å². The van der Waals surface area contributed by atoms with Crippen molar-refractivity contribution in [2.24, 2.45) is 0 Å². The standard InChI is InChI=1S/C9H10N6O2/c10-9-13-7-6(11-3-12-7)8(14-9)15-2-4(16)1-5(15)17/h3-4,16H,1-2H2,(H3,10,11,12,13,14). The van der Waals surface area contributed by atoms with E-state index < -0.39 is 6.10 Å². The fourth-order valence-corrected chi connectivity index (χ4v) is 1.92. The summed E-state index contributed by atoms with van der Waals surface area (Å²) in [6.07, 6.45) is 0.885. The lowest BCUT2D eigenvalue weighted by molar-refractivity contribution is -0.117. The lowest BCUT2D eigenvalue weighted by Gasteiger charge is -2.15. The van der Waals surface area contributed by atoms with Crippen molar-refractivity contribution in [1.29, 1.82) is 0 Å². The highest BCUT2D eigenvalue weighted by Gasteiger charge is 2.31. The van der Waals surface area contributed by atoms with E-state index in [1.807, 2.05) is 0 Å². The van der Waals surface area contributed by atoms with Gasteiger partial charge in [0.15, 0.2) is 11.5 Å². The molecule has 2 aromatic rings. The molecule has 3 heterocycles. The van der Waals surface area contributed by atoms with Gasteiger partial charge in [0, 0.05) is 0 Å². The minimum absolute atomic E-state index is 0.0498. The summed E-state index contributed by atoms with van der Waals surface area (Å²) in [5.74, 6) is 0.229. The zero-order valence-corrected chi connectivity index (χ0v) is 8.79. The summed E-state index contributed by atoms with van der Waals surface area (Å²) in [5, 5.41) is 9.46. The highest BCUT2D eigenvalue weighted by molar-refractivity contribution is 6.01. The van der Waals surface area contributed by atoms with E-state index in [1.165, 1.54) is 11.2 Å². The van der Waals surface area contributed by atoms with Crippen LogP contribution in [0.1, 0.15) is 6.42 Å². The molecule has 8 heteroatoms. The lowest BCUT2D eigenvalue weighted by atomic mass is 10.3. The predicted octanol–water partition coefficient (Wildman–Crippen LogP) is -0.967. The second-order valence-corrected chi connectivity index (χ2v) is 3.87. The number of nitrogens with one attached hydrogen (secondary N) is 1. The van der Waals surface area contributed by atoms with Gasteiger partial charge in [0.1, 0.15) is 5.52 Å². The van der Waals surface area contributed by atoms with Crippen molar-refractivity contribution in [3.8, 4) is 0 Å². The summed E-state index contributed by atoms with van der Waals surface area (Å²) in [6.45, 7) is 0.212. The number of aromatic amines is 1. The smallest absolute Gasteiger partial charge is 0.230 e. The molecule has 0 aliphatic carbocycles. The van der Waals surface area contributed by atoms with Crippen LogP contribution in [0, 0.1) is 0 Å². The Hall–Kier alpha value is -2.22. The number of fused-ring (bicyclic) bond motifs is 1. The summed E-state index contributed by atoms with van der Waals surface area (Å²) < 4.78 is 0. The molecular formula is C9H10N6O2. The molecule has 1 aliphatic heterocycles. The molecule has 8 nitrogen and oxygen atoms in total. The molecule has 0 saturated carbocycles. The number of aromatic nitrogens is 4. The number of β-amino-alcohol motifs (C(OH)–C–C–N with tert-alkyl or cyclic N) is 1. The van der Waals surface area contributed by atoms with E-state index in [0.717, 1.165) is 0 Å². The molecule has 1 unspecified atom stereocenters. The molecule has 0 aromatic carbocycles. The van der Waals surface area contributed by atoms with Crippen LogP contribution in [0.5, 0.6) is 0 Å². The molecule has 0 bridgehead atoms. The minimum Gasteiger partial charge on any atom is -0.391 e. The third kappa shape index (κ3) is 1.49. The lowest BCUT2D eigenvalue weighted by Crippen LogP contribution is -2.27. The number of imidazole rings is 1. The topological polar surface area (TPSA) is 121 Å². The maximum Gasteiger partial charge on any atom is 0.230 e. The Labute approximate surface area is 95.5 Å².